The molecule has 0 aromatic heterocycles. The van der Waals surface area contributed by atoms with Gasteiger partial charge in [0.25, 0.3) is 0 Å². The maximum Gasteiger partial charge on any atom is 0.245 e. The summed E-state index contributed by atoms with van der Waals surface area (Å²) in [5.41, 5.74) is 0.433. The highest BCUT2D eigenvalue weighted by atomic mass is 16.2. The van der Waals surface area contributed by atoms with Gasteiger partial charge in [0.05, 0.1) is 7.79 Å². The van der Waals surface area contributed by atoms with Gasteiger partial charge in [-0.05, 0) is 0 Å². The second kappa shape index (κ2) is 1.08. The highest BCUT2D eigenvalue weighted by molar-refractivity contribution is 5.93. The van der Waals surface area contributed by atoms with Gasteiger partial charge in [-0.2, -0.15) is 5.10 Å². The third-order valence-electron chi connectivity index (χ3n) is 0.463. The fraction of sp³-hybridized carbons (Fsp3) is 0.333. The Kier molecular flexibility index (Phi) is 0.312. The second-order valence-corrected chi connectivity index (χ2v) is 0.929. The molecule has 0 bridgehead atoms. The van der Waals surface area contributed by atoms with Crippen molar-refractivity contribution in [2.75, 3.05) is 0 Å². The summed E-state index contributed by atoms with van der Waals surface area (Å²) in [5.74, 6) is -0.435. The first-order valence-corrected chi connectivity index (χ1v) is 1.56. The average molecular weight is 88.1 g/mol. The Morgan fingerprint density at radius 1 is 2.50 bits per heavy atom. The van der Waals surface area contributed by atoms with E-state index in [1.54, 1.807) is 0 Å². The van der Waals surface area contributed by atoms with Gasteiger partial charge >= 0.3 is 0 Å². The van der Waals surface area contributed by atoms with Crippen LogP contribution < -0.4 is 5.42 Å². The van der Waals surface area contributed by atoms with Gasteiger partial charge in [0.15, 0.2) is 1.41 Å². The zero-order chi connectivity index (χ0) is 6.15. The first kappa shape index (κ1) is 1.73. The summed E-state index contributed by atoms with van der Waals surface area (Å²) in [6.07, 6.45) is -0.0613. The molecule has 1 amide bonds. The second-order valence-electron chi connectivity index (χ2n) is 0.929. The molecule has 0 unspecified atom stereocenters. The van der Waals surface area contributed by atoms with Crippen molar-refractivity contribution in [2.24, 2.45) is 5.10 Å². The summed E-state index contributed by atoms with van der Waals surface area (Å²) in [4.78, 5) is 10.3. The SMILES string of the molecule is [3H]C1=NN([3H])C(=O)C1. The van der Waals surface area contributed by atoms with Crippen molar-refractivity contribution in [3.8, 4) is 0 Å². The van der Waals surface area contributed by atoms with Gasteiger partial charge in [0.2, 0.25) is 5.91 Å². The molecule has 1 rings (SSSR count). The van der Waals surface area contributed by atoms with Crippen molar-refractivity contribution in [3.63, 3.8) is 0 Å². The van der Waals surface area contributed by atoms with Gasteiger partial charge in [-0.25, -0.2) is 5.42 Å². The summed E-state index contributed by atoms with van der Waals surface area (Å²) < 4.78 is 13.4. The molecule has 1 aliphatic heterocycles. The van der Waals surface area contributed by atoms with E-state index in [9.17, 15) is 4.79 Å². The van der Waals surface area contributed by atoms with Crippen molar-refractivity contribution in [1.82, 2.24) is 5.42 Å². The maximum atomic E-state index is 10.3. The van der Waals surface area contributed by atoms with Gasteiger partial charge in [0.1, 0.15) is 0 Å². The lowest BCUT2D eigenvalue weighted by Crippen LogP contribution is -2.08. The van der Waals surface area contributed by atoms with Crippen molar-refractivity contribution in [1.29, 1.82) is 0 Å². The van der Waals surface area contributed by atoms with Crippen LogP contribution in [0.4, 0.5) is 0 Å². The molecule has 1 N–H and O–H groups in total. The van der Waals surface area contributed by atoms with Crippen LogP contribution in [0, 0.1) is 0 Å². The van der Waals surface area contributed by atoms with Crippen LogP contribution in [0.15, 0.2) is 5.10 Å². The molecule has 0 aromatic carbocycles. The number of nitrogens with one attached hydrogen (secondary N) is 1. The van der Waals surface area contributed by atoms with E-state index < -0.39 is 5.91 Å². The quantitative estimate of drug-likeness (QED) is 0.426. The molecule has 0 saturated carbocycles. The highest BCUT2D eigenvalue weighted by Crippen LogP contribution is 1.79. The van der Waals surface area contributed by atoms with Crippen LogP contribution >= 0.6 is 0 Å². The van der Waals surface area contributed by atoms with E-state index in [0.717, 1.165) is 0 Å². The van der Waals surface area contributed by atoms with Gasteiger partial charge in [-0.15, -0.1) is 0 Å². The number of amides is 1. The first-order chi connectivity index (χ1) is 3.70. The number of hydrazone groups is 1. The van der Waals surface area contributed by atoms with E-state index >= 15 is 0 Å². The minimum atomic E-state index is -0.435. The normalized spacial score (nSPS) is 26.3. The molecule has 0 saturated heterocycles. The molecule has 3 heteroatoms. The standard InChI is InChI=1S/C3H4N2O/c6-3-1-2-4-5-3/h2H,1H2,(H,5,6)/i2T/hT. The Bertz CT molecular complexity index is 155. The van der Waals surface area contributed by atoms with Gasteiger partial charge < -0.3 is 0 Å². The van der Waals surface area contributed by atoms with Crippen LogP contribution in [0.25, 0.3) is 0 Å². The Morgan fingerprint density at radius 3 is 3.50 bits per heavy atom. The first-order valence-electron chi connectivity index (χ1n) is 2.51. The molecular weight excluding hydrogens is 80.0 g/mol. The molecule has 3 nitrogen and oxygen atoms in total. The largest absolute Gasteiger partial charge is 0.273 e. The van der Waals surface area contributed by atoms with E-state index in [0.29, 0.717) is 5.42 Å². The fourth-order valence-electron chi connectivity index (χ4n) is 0.229. The van der Waals surface area contributed by atoms with E-state index in [-0.39, 0.29) is 12.6 Å². The molecule has 1 aliphatic rings. The fourth-order valence-corrected chi connectivity index (χ4v) is 0.229. The summed E-state index contributed by atoms with van der Waals surface area (Å²) >= 11 is 0. The van der Waals surface area contributed by atoms with Gasteiger partial charge in [-0.3, -0.25) is 4.79 Å². The summed E-state index contributed by atoms with van der Waals surface area (Å²) in [6.45, 7) is 0. The molecule has 0 aromatic rings. The number of carbonyl (C=O) groups is 1. The number of carbonyl (C=O) groups excluding carboxylic acids is 1. The molecule has 32 valence electrons. The van der Waals surface area contributed by atoms with Crippen LogP contribution in [-0.2, 0) is 4.79 Å². The molecule has 6 heavy (non-hydrogen) atoms. The Morgan fingerprint density at radius 2 is 3.33 bits per heavy atom. The van der Waals surface area contributed by atoms with Crippen LogP contribution in [0.1, 0.15) is 7.79 Å². The number of hydrogen-bond acceptors (Lipinski definition) is 2. The van der Waals surface area contributed by atoms with Gasteiger partial charge in [0, 0.05) is 6.19 Å². The third-order valence-corrected chi connectivity index (χ3v) is 0.463. The molecule has 0 radical (unpaired) electrons. The Balaban J connectivity index is 2.69. The van der Waals surface area contributed by atoms with E-state index in [4.69, 9.17) is 2.78 Å². The van der Waals surface area contributed by atoms with Crippen molar-refractivity contribution in [2.45, 2.75) is 6.42 Å². The van der Waals surface area contributed by atoms with Crippen LogP contribution in [0.2, 0.25) is 1.41 Å². The lowest BCUT2D eigenvalue weighted by molar-refractivity contribution is -0.119. The maximum absolute atomic E-state index is 10.3. The van der Waals surface area contributed by atoms with Crippen molar-refractivity contribution < 1.29 is 7.58 Å². The average Bonchev–Trinajstić information content (AvgIpc) is 1.85. The zero-order valence-corrected chi connectivity index (χ0v) is 3.01. The van der Waals surface area contributed by atoms with Gasteiger partial charge in [-0.1, -0.05) is 0 Å². The minimum absolute atomic E-state index is 0.0243. The lowest BCUT2D eigenvalue weighted by Gasteiger charge is -1.77. The van der Waals surface area contributed by atoms with Crippen LogP contribution in [0.3, 0.4) is 0 Å². The summed E-state index contributed by atoms with van der Waals surface area (Å²) in [6, 6.07) is 0. The number of hydrogen-bond donors (Lipinski definition) is 1. The lowest BCUT2D eigenvalue weighted by atomic mass is 10.5. The van der Waals surface area contributed by atoms with Crippen LogP contribution in [0.5, 0.6) is 0 Å². The highest BCUT2D eigenvalue weighted by Gasteiger charge is 1.99. The predicted molar refractivity (Wildman–Crippen MR) is 21.3 cm³/mol. The molecule has 0 spiro atoms. The molecule has 0 atom stereocenters. The minimum Gasteiger partial charge on any atom is -0.273 e. The predicted octanol–water partition coefficient (Wildman–Crippen LogP) is -0.508. The number of nitrogens with zero attached hydrogens (tertiary/aromatic N) is 1. The monoisotopic (exact) mass is 88.0 g/mol. The zero-order valence-electron chi connectivity index (χ0n) is 5.01. The topological polar surface area (TPSA) is 41.5 Å². The van der Waals surface area contributed by atoms with Crippen molar-refractivity contribution in [3.05, 3.63) is 0 Å². The van der Waals surface area contributed by atoms with E-state index in [1.807, 2.05) is 0 Å². The van der Waals surface area contributed by atoms with E-state index in [1.165, 1.54) is 0 Å². The Hall–Kier alpha value is -0.860. The Labute approximate surface area is 37.9 Å². The third kappa shape index (κ3) is 0.381. The molecule has 1 heterocycles. The molecule has 0 fully saturated rings. The van der Waals surface area contributed by atoms with Crippen molar-refractivity contribution >= 4 is 12.1 Å². The van der Waals surface area contributed by atoms with E-state index in [2.05, 4.69) is 5.10 Å². The molecular formula is C3H4N2O. The van der Waals surface area contributed by atoms with Crippen LogP contribution in [-0.4, -0.2) is 12.1 Å². The summed E-state index contributed by atoms with van der Waals surface area (Å²) in [7, 11) is 0. The molecule has 0 aliphatic carbocycles. The smallest absolute Gasteiger partial charge is 0.245 e. The summed E-state index contributed by atoms with van der Waals surface area (Å²) in [5, 5.41) is 3.20. The number of rotatable bonds is 0.